The number of hydrogen-bond acceptors (Lipinski definition) is 2. The molecule has 0 aliphatic carbocycles. The molecule has 2 aromatic rings. The largest absolute Gasteiger partial charge is 0.321 e. The lowest BCUT2D eigenvalue weighted by molar-refractivity contribution is 0.628. The first-order chi connectivity index (χ1) is 7.63. The van der Waals surface area contributed by atoms with Gasteiger partial charge in [-0.2, -0.15) is 5.26 Å². The van der Waals surface area contributed by atoms with Crippen LogP contribution in [0, 0.1) is 17.1 Å². The van der Waals surface area contributed by atoms with E-state index in [-0.39, 0.29) is 5.82 Å². The van der Waals surface area contributed by atoms with Gasteiger partial charge in [0.2, 0.25) is 0 Å². The van der Waals surface area contributed by atoms with Gasteiger partial charge in [0.15, 0.2) is 5.69 Å². The lowest BCUT2D eigenvalue weighted by Crippen LogP contribution is -1.93. The minimum atomic E-state index is -0.324. The van der Waals surface area contributed by atoms with Crippen LogP contribution in [0.3, 0.4) is 0 Å². The molecule has 2 rings (SSSR count). The van der Waals surface area contributed by atoms with Crippen LogP contribution >= 0.6 is 15.9 Å². The van der Waals surface area contributed by atoms with E-state index in [1.54, 1.807) is 23.7 Å². The Balaban J connectivity index is 2.62. The Morgan fingerprint density at radius 2 is 2.25 bits per heavy atom. The van der Waals surface area contributed by atoms with Gasteiger partial charge in [-0.25, -0.2) is 9.37 Å². The Bertz CT molecular complexity index is 583. The van der Waals surface area contributed by atoms with Gasteiger partial charge in [0.25, 0.3) is 0 Å². The molecule has 1 heterocycles. The summed E-state index contributed by atoms with van der Waals surface area (Å²) in [5.41, 5.74) is 0.937. The van der Waals surface area contributed by atoms with Crippen molar-refractivity contribution in [1.82, 2.24) is 9.55 Å². The average Bonchev–Trinajstić information content (AvgIpc) is 2.56. The number of rotatable bonds is 1. The molecule has 0 unspecified atom stereocenters. The van der Waals surface area contributed by atoms with E-state index in [0.29, 0.717) is 21.7 Å². The normalized spacial score (nSPS) is 10.1. The van der Waals surface area contributed by atoms with Gasteiger partial charge in [0.05, 0.1) is 0 Å². The van der Waals surface area contributed by atoms with Crippen LogP contribution in [0.5, 0.6) is 0 Å². The maximum Gasteiger partial charge on any atom is 0.173 e. The Morgan fingerprint density at radius 3 is 2.81 bits per heavy atom. The van der Waals surface area contributed by atoms with Gasteiger partial charge in [-0.3, -0.25) is 0 Å². The quantitative estimate of drug-likeness (QED) is 0.806. The van der Waals surface area contributed by atoms with Crippen molar-refractivity contribution >= 4 is 15.9 Å². The lowest BCUT2D eigenvalue weighted by Gasteiger charge is -2.01. The first-order valence-corrected chi connectivity index (χ1v) is 5.31. The number of aromatic nitrogens is 2. The van der Waals surface area contributed by atoms with Crippen LogP contribution in [0.1, 0.15) is 5.69 Å². The summed E-state index contributed by atoms with van der Waals surface area (Å²) in [7, 11) is 1.76. The summed E-state index contributed by atoms with van der Waals surface area (Å²) in [6.07, 6.45) is 0. The van der Waals surface area contributed by atoms with Crippen LogP contribution in [0.15, 0.2) is 28.9 Å². The number of benzene rings is 1. The summed E-state index contributed by atoms with van der Waals surface area (Å²) in [5, 5.41) is 8.83. The Hall–Kier alpha value is -1.67. The van der Waals surface area contributed by atoms with E-state index in [9.17, 15) is 4.39 Å². The molecule has 3 nitrogen and oxygen atoms in total. The molecule has 0 bridgehead atoms. The fraction of sp³-hybridized carbons (Fsp3) is 0.0909. The molecule has 0 atom stereocenters. The second-order valence-electron chi connectivity index (χ2n) is 3.26. The first-order valence-electron chi connectivity index (χ1n) is 4.51. The van der Waals surface area contributed by atoms with Crippen molar-refractivity contribution in [3.05, 3.63) is 40.4 Å². The zero-order chi connectivity index (χ0) is 11.7. The topological polar surface area (TPSA) is 41.6 Å². The zero-order valence-corrected chi connectivity index (χ0v) is 9.99. The minimum Gasteiger partial charge on any atom is -0.321 e. The predicted molar refractivity (Wildman–Crippen MR) is 61.0 cm³/mol. The highest BCUT2D eigenvalue weighted by atomic mass is 79.9. The smallest absolute Gasteiger partial charge is 0.173 e. The standard InChI is InChI=1S/C11H7BrFN3/c1-16-10(12)9(6-14)15-11(16)7-3-2-4-8(13)5-7/h2-5H,1H3. The highest BCUT2D eigenvalue weighted by Crippen LogP contribution is 2.24. The molecule has 0 saturated carbocycles. The molecule has 0 saturated heterocycles. The van der Waals surface area contributed by atoms with Crippen molar-refractivity contribution in [3.63, 3.8) is 0 Å². The van der Waals surface area contributed by atoms with E-state index in [1.807, 2.05) is 6.07 Å². The average molecular weight is 280 g/mol. The Morgan fingerprint density at radius 1 is 1.50 bits per heavy atom. The van der Waals surface area contributed by atoms with Gasteiger partial charge in [-0.05, 0) is 28.1 Å². The fourth-order valence-electron chi connectivity index (χ4n) is 1.44. The summed E-state index contributed by atoms with van der Waals surface area (Å²) >= 11 is 3.26. The third-order valence-electron chi connectivity index (χ3n) is 2.21. The number of halogens is 2. The van der Waals surface area contributed by atoms with Crippen molar-refractivity contribution in [2.24, 2.45) is 7.05 Å². The van der Waals surface area contributed by atoms with Crippen LogP contribution < -0.4 is 0 Å². The molecular weight excluding hydrogens is 273 g/mol. The molecule has 0 amide bonds. The monoisotopic (exact) mass is 279 g/mol. The zero-order valence-electron chi connectivity index (χ0n) is 8.41. The molecule has 0 N–H and O–H groups in total. The molecule has 1 aromatic carbocycles. The summed E-state index contributed by atoms with van der Waals surface area (Å²) in [5.74, 6) is 0.234. The molecule has 0 aliphatic rings. The summed E-state index contributed by atoms with van der Waals surface area (Å²) in [6.45, 7) is 0. The number of nitrogens with zero attached hydrogens (tertiary/aromatic N) is 3. The van der Waals surface area contributed by atoms with E-state index in [0.717, 1.165) is 0 Å². The highest BCUT2D eigenvalue weighted by molar-refractivity contribution is 9.10. The minimum absolute atomic E-state index is 0.293. The van der Waals surface area contributed by atoms with E-state index in [4.69, 9.17) is 5.26 Å². The molecule has 5 heteroatoms. The van der Waals surface area contributed by atoms with E-state index in [1.165, 1.54) is 12.1 Å². The maximum absolute atomic E-state index is 13.1. The summed E-state index contributed by atoms with van der Waals surface area (Å²) < 4.78 is 15.4. The van der Waals surface area contributed by atoms with E-state index in [2.05, 4.69) is 20.9 Å². The third kappa shape index (κ3) is 1.72. The first kappa shape index (κ1) is 10.8. The second-order valence-corrected chi connectivity index (χ2v) is 4.01. The van der Waals surface area contributed by atoms with Crippen LogP contribution in [0.25, 0.3) is 11.4 Å². The summed E-state index contributed by atoms with van der Waals surface area (Å²) in [6, 6.07) is 8.08. The molecule has 0 aliphatic heterocycles. The Labute approximate surface area is 100 Å². The molecular formula is C11H7BrFN3. The predicted octanol–water partition coefficient (Wildman–Crippen LogP) is 2.86. The van der Waals surface area contributed by atoms with Crippen molar-refractivity contribution < 1.29 is 4.39 Å². The van der Waals surface area contributed by atoms with Gasteiger partial charge in [0, 0.05) is 12.6 Å². The second kappa shape index (κ2) is 4.06. The van der Waals surface area contributed by atoms with Crippen LogP contribution in [0.4, 0.5) is 4.39 Å². The van der Waals surface area contributed by atoms with Gasteiger partial charge < -0.3 is 4.57 Å². The lowest BCUT2D eigenvalue weighted by atomic mass is 10.2. The molecule has 0 spiro atoms. The van der Waals surface area contributed by atoms with Crippen molar-refractivity contribution in [2.45, 2.75) is 0 Å². The number of imidazole rings is 1. The van der Waals surface area contributed by atoms with Crippen molar-refractivity contribution in [2.75, 3.05) is 0 Å². The number of hydrogen-bond donors (Lipinski definition) is 0. The van der Waals surface area contributed by atoms with Crippen molar-refractivity contribution in [1.29, 1.82) is 5.26 Å². The summed E-state index contributed by atoms with van der Waals surface area (Å²) in [4.78, 5) is 4.13. The molecule has 0 fully saturated rings. The highest BCUT2D eigenvalue weighted by Gasteiger charge is 2.13. The van der Waals surface area contributed by atoms with Crippen LogP contribution in [-0.2, 0) is 7.05 Å². The van der Waals surface area contributed by atoms with E-state index < -0.39 is 0 Å². The molecule has 16 heavy (non-hydrogen) atoms. The van der Waals surface area contributed by atoms with Crippen LogP contribution in [-0.4, -0.2) is 9.55 Å². The van der Waals surface area contributed by atoms with Gasteiger partial charge >= 0.3 is 0 Å². The number of nitriles is 1. The maximum atomic E-state index is 13.1. The third-order valence-corrected chi connectivity index (χ3v) is 3.12. The molecule has 0 radical (unpaired) electrons. The van der Waals surface area contributed by atoms with Crippen LogP contribution in [0.2, 0.25) is 0 Å². The van der Waals surface area contributed by atoms with E-state index >= 15 is 0 Å². The Kier molecular flexibility index (Phi) is 2.75. The van der Waals surface area contributed by atoms with Crippen molar-refractivity contribution in [3.8, 4) is 17.5 Å². The van der Waals surface area contributed by atoms with Gasteiger partial charge in [-0.1, -0.05) is 12.1 Å². The van der Waals surface area contributed by atoms with Gasteiger partial charge in [-0.15, -0.1) is 0 Å². The fourth-order valence-corrected chi connectivity index (χ4v) is 1.78. The molecule has 1 aromatic heterocycles. The SMILES string of the molecule is Cn1c(-c2cccc(F)c2)nc(C#N)c1Br. The molecule has 80 valence electrons. The van der Waals surface area contributed by atoms with Gasteiger partial charge in [0.1, 0.15) is 22.3 Å².